The van der Waals surface area contributed by atoms with E-state index in [1.165, 1.54) is 0 Å². The van der Waals surface area contributed by atoms with Crippen LogP contribution >= 0.6 is 0 Å². The molecule has 0 fully saturated rings. The summed E-state index contributed by atoms with van der Waals surface area (Å²) in [6, 6.07) is 3.85. The molecule has 5 heteroatoms. The van der Waals surface area contributed by atoms with Gasteiger partial charge in [-0.05, 0) is 25.8 Å². The Morgan fingerprint density at radius 1 is 1.24 bits per heavy atom. The van der Waals surface area contributed by atoms with Crippen molar-refractivity contribution in [2.45, 2.75) is 46.4 Å². The van der Waals surface area contributed by atoms with Gasteiger partial charge in [0, 0.05) is 31.5 Å². The van der Waals surface area contributed by atoms with Crippen LogP contribution in [0.1, 0.15) is 33.3 Å². The van der Waals surface area contributed by atoms with Crippen LogP contribution < -0.4 is 10.1 Å². The quantitative estimate of drug-likeness (QED) is 0.691. The number of nitrogens with one attached hydrogen (secondary N) is 1. The van der Waals surface area contributed by atoms with E-state index in [4.69, 9.17) is 9.47 Å². The van der Waals surface area contributed by atoms with Gasteiger partial charge in [-0.15, -0.1) is 0 Å². The molecule has 2 N–H and O–H groups in total. The number of nitrogens with zero attached hydrogens (tertiary/aromatic N) is 1. The van der Waals surface area contributed by atoms with Crippen LogP contribution in [0.2, 0.25) is 0 Å². The maximum Gasteiger partial charge on any atom is 0.218 e. The fraction of sp³-hybridized carbons (Fsp3) is 0.688. The molecule has 0 aliphatic heterocycles. The molecular weight excluding hydrogens is 268 g/mol. The Bertz CT molecular complexity index is 397. The van der Waals surface area contributed by atoms with Gasteiger partial charge in [-0.2, -0.15) is 0 Å². The van der Waals surface area contributed by atoms with Gasteiger partial charge in [-0.3, -0.25) is 0 Å². The topological polar surface area (TPSA) is 63.6 Å². The van der Waals surface area contributed by atoms with Gasteiger partial charge in [-0.1, -0.05) is 19.9 Å². The summed E-state index contributed by atoms with van der Waals surface area (Å²) in [4.78, 5) is 4.24. The van der Waals surface area contributed by atoms with E-state index in [1.807, 2.05) is 26.0 Å². The van der Waals surface area contributed by atoms with Crippen molar-refractivity contribution < 1.29 is 14.6 Å². The van der Waals surface area contributed by atoms with Crippen LogP contribution in [0.25, 0.3) is 0 Å². The van der Waals surface area contributed by atoms with Gasteiger partial charge >= 0.3 is 0 Å². The van der Waals surface area contributed by atoms with Gasteiger partial charge in [0.2, 0.25) is 5.88 Å². The third kappa shape index (κ3) is 7.99. The summed E-state index contributed by atoms with van der Waals surface area (Å²) in [6.07, 6.45) is 1.30. The lowest BCUT2D eigenvalue weighted by atomic mass is 10.2. The summed E-state index contributed by atoms with van der Waals surface area (Å²) in [5.74, 6) is 1.13. The molecule has 1 heterocycles. The summed E-state index contributed by atoms with van der Waals surface area (Å²) in [6.45, 7) is 10.2. The molecule has 5 nitrogen and oxygen atoms in total. The van der Waals surface area contributed by atoms with E-state index in [0.29, 0.717) is 38.1 Å². The van der Waals surface area contributed by atoms with Crippen LogP contribution in [0.15, 0.2) is 18.3 Å². The minimum Gasteiger partial charge on any atom is -0.475 e. The second-order valence-corrected chi connectivity index (χ2v) is 5.85. The van der Waals surface area contributed by atoms with E-state index in [1.54, 1.807) is 6.20 Å². The number of rotatable bonds is 10. The number of hydrogen-bond acceptors (Lipinski definition) is 5. The lowest BCUT2D eigenvalue weighted by Gasteiger charge is -2.15. The number of aliphatic hydroxyl groups is 1. The highest BCUT2D eigenvalue weighted by Gasteiger charge is 2.08. The number of pyridine rings is 1. The molecule has 0 bridgehead atoms. The first-order valence-corrected chi connectivity index (χ1v) is 7.56. The highest BCUT2D eigenvalue weighted by atomic mass is 16.5. The number of ether oxygens (including phenoxy) is 2. The van der Waals surface area contributed by atoms with Crippen molar-refractivity contribution in [3.63, 3.8) is 0 Å². The fourth-order valence-electron chi connectivity index (χ4n) is 1.76. The number of aliphatic hydroxyl groups excluding tert-OH is 1. The van der Waals surface area contributed by atoms with Gasteiger partial charge in [0.05, 0.1) is 18.8 Å². The molecule has 0 aromatic carbocycles. The van der Waals surface area contributed by atoms with Gasteiger partial charge in [0.15, 0.2) is 0 Å². The van der Waals surface area contributed by atoms with E-state index >= 15 is 0 Å². The molecule has 0 saturated heterocycles. The van der Waals surface area contributed by atoms with Crippen molar-refractivity contribution in [2.24, 2.45) is 5.92 Å². The van der Waals surface area contributed by atoms with Crippen LogP contribution in [0.4, 0.5) is 0 Å². The second kappa shape index (κ2) is 9.71. The monoisotopic (exact) mass is 296 g/mol. The second-order valence-electron chi connectivity index (χ2n) is 5.85. The van der Waals surface area contributed by atoms with Crippen LogP contribution in [0.3, 0.4) is 0 Å². The van der Waals surface area contributed by atoms with Gasteiger partial charge in [-0.25, -0.2) is 4.98 Å². The smallest absolute Gasteiger partial charge is 0.218 e. The van der Waals surface area contributed by atoms with E-state index < -0.39 is 6.10 Å². The highest BCUT2D eigenvalue weighted by molar-refractivity contribution is 5.25. The van der Waals surface area contributed by atoms with E-state index in [9.17, 15) is 5.11 Å². The molecule has 0 aliphatic carbocycles. The summed E-state index contributed by atoms with van der Waals surface area (Å²) in [7, 11) is 0. The Morgan fingerprint density at radius 2 is 2.00 bits per heavy atom. The predicted molar refractivity (Wildman–Crippen MR) is 83.4 cm³/mol. The zero-order chi connectivity index (χ0) is 15.7. The minimum atomic E-state index is -0.505. The average molecular weight is 296 g/mol. The zero-order valence-electron chi connectivity index (χ0n) is 13.5. The van der Waals surface area contributed by atoms with Gasteiger partial charge < -0.3 is 19.9 Å². The molecule has 0 saturated carbocycles. The summed E-state index contributed by atoms with van der Waals surface area (Å²) < 4.78 is 11.1. The van der Waals surface area contributed by atoms with Crippen molar-refractivity contribution in [1.82, 2.24) is 10.3 Å². The maximum absolute atomic E-state index is 9.82. The Labute approximate surface area is 127 Å². The molecule has 0 spiro atoms. The number of aromatic nitrogens is 1. The van der Waals surface area contributed by atoms with Gasteiger partial charge in [0.1, 0.15) is 0 Å². The minimum absolute atomic E-state index is 0.0914. The van der Waals surface area contributed by atoms with Gasteiger partial charge in [0.25, 0.3) is 0 Å². The summed E-state index contributed by atoms with van der Waals surface area (Å²) in [5.41, 5.74) is 0.987. The van der Waals surface area contributed by atoms with Crippen molar-refractivity contribution in [3.8, 4) is 5.88 Å². The predicted octanol–water partition coefficient (Wildman–Crippen LogP) is 1.99. The zero-order valence-corrected chi connectivity index (χ0v) is 13.5. The van der Waals surface area contributed by atoms with Crippen molar-refractivity contribution in [3.05, 3.63) is 23.9 Å². The summed E-state index contributed by atoms with van der Waals surface area (Å²) in [5, 5.41) is 13.0. The Kier molecular flexibility index (Phi) is 8.27. The summed E-state index contributed by atoms with van der Waals surface area (Å²) >= 11 is 0. The lowest BCUT2D eigenvalue weighted by Crippen LogP contribution is -2.30. The normalized spacial score (nSPS) is 12.9. The molecular formula is C16H28N2O3. The standard InChI is InChI=1S/C16H28N2O3/c1-12(2)10-20-11-15(19)9-17-8-14-6-5-7-18-16(14)21-13(3)4/h5-7,12-13,15,17,19H,8-11H2,1-4H3. The Hall–Kier alpha value is -1.17. The Balaban J connectivity index is 2.31. The largest absolute Gasteiger partial charge is 0.475 e. The molecule has 1 aromatic rings. The molecule has 1 unspecified atom stereocenters. The molecule has 1 rings (SSSR count). The molecule has 120 valence electrons. The molecule has 0 aliphatic rings. The van der Waals surface area contributed by atoms with Crippen LogP contribution in [-0.4, -0.2) is 42.1 Å². The molecule has 1 atom stereocenters. The van der Waals surface area contributed by atoms with E-state index in [2.05, 4.69) is 24.1 Å². The molecule has 0 radical (unpaired) electrons. The van der Waals surface area contributed by atoms with Crippen molar-refractivity contribution in [2.75, 3.05) is 19.8 Å². The average Bonchev–Trinajstić information content (AvgIpc) is 2.39. The van der Waals surface area contributed by atoms with Crippen molar-refractivity contribution in [1.29, 1.82) is 0 Å². The number of hydrogen-bond donors (Lipinski definition) is 2. The molecule has 0 amide bonds. The highest BCUT2D eigenvalue weighted by Crippen LogP contribution is 2.15. The van der Waals surface area contributed by atoms with Crippen LogP contribution in [0.5, 0.6) is 5.88 Å². The SMILES string of the molecule is CC(C)COCC(O)CNCc1cccnc1OC(C)C. The third-order valence-corrected chi connectivity index (χ3v) is 2.65. The van der Waals surface area contributed by atoms with Crippen molar-refractivity contribution >= 4 is 0 Å². The van der Waals surface area contributed by atoms with E-state index in [-0.39, 0.29) is 6.10 Å². The third-order valence-electron chi connectivity index (χ3n) is 2.65. The first kappa shape index (κ1) is 17.9. The molecule has 21 heavy (non-hydrogen) atoms. The Morgan fingerprint density at radius 3 is 2.67 bits per heavy atom. The lowest BCUT2D eigenvalue weighted by molar-refractivity contribution is 0.0260. The molecule has 1 aromatic heterocycles. The maximum atomic E-state index is 9.82. The van der Waals surface area contributed by atoms with Crippen LogP contribution in [0, 0.1) is 5.92 Å². The van der Waals surface area contributed by atoms with E-state index in [0.717, 1.165) is 5.56 Å². The van der Waals surface area contributed by atoms with Crippen LogP contribution in [-0.2, 0) is 11.3 Å². The first-order chi connectivity index (χ1) is 9.99. The fourth-order valence-corrected chi connectivity index (χ4v) is 1.76. The first-order valence-electron chi connectivity index (χ1n) is 7.56.